The number of hydrogen-bond donors (Lipinski definition) is 2. The maximum Gasteiger partial charge on any atom is 0.239 e. The molecule has 96 valence electrons. The smallest absolute Gasteiger partial charge is 0.239 e. The van der Waals surface area contributed by atoms with Gasteiger partial charge in [0.1, 0.15) is 11.8 Å². The first-order valence-electron chi connectivity index (χ1n) is 5.41. The quantitative estimate of drug-likeness (QED) is 0.679. The van der Waals surface area contributed by atoms with Crippen LogP contribution in [0.4, 0.5) is 5.95 Å². The van der Waals surface area contributed by atoms with Gasteiger partial charge in [-0.15, -0.1) is 0 Å². The highest BCUT2D eigenvalue weighted by molar-refractivity contribution is 5.80. The van der Waals surface area contributed by atoms with Crippen molar-refractivity contribution in [2.24, 2.45) is 0 Å². The van der Waals surface area contributed by atoms with Gasteiger partial charge in [-0.2, -0.15) is 5.26 Å². The van der Waals surface area contributed by atoms with E-state index in [-0.39, 0.29) is 24.1 Å². The van der Waals surface area contributed by atoms with E-state index in [1.54, 1.807) is 20.1 Å². The number of ether oxygens (including phenoxy) is 1. The molecule has 0 aliphatic heterocycles. The maximum atomic E-state index is 11.4. The van der Waals surface area contributed by atoms with E-state index < -0.39 is 0 Å². The Morgan fingerprint density at radius 3 is 3.00 bits per heavy atom. The van der Waals surface area contributed by atoms with E-state index in [9.17, 15) is 4.79 Å². The molecule has 0 saturated heterocycles. The van der Waals surface area contributed by atoms with Crippen molar-refractivity contribution in [2.75, 3.05) is 32.1 Å². The number of amides is 1. The van der Waals surface area contributed by atoms with Crippen LogP contribution in [0.1, 0.15) is 11.4 Å². The minimum absolute atomic E-state index is 0.0536. The number of hydrogen-bond acceptors (Lipinski definition) is 6. The van der Waals surface area contributed by atoms with Crippen LogP contribution in [0.2, 0.25) is 0 Å². The molecule has 0 atom stereocenters. The first kappa shape index (κ1) is 13.9. The number of carbonyl (C=O) groups is 1. The summed E-state index contributed by atoms with van der Waals surface area (Å²) in [6.45, 7) is 2.73. The van der Waals surface area contributed by atoms with Gasteiger partial charge < -0.3 is 15.4 Å². The average molecular weight is 249 g/mol. The van der Waals surface area contributed by atoms with Crippen molar-refractivity contribution < 1.29 is 9.53 Å². The maximum absolute atomic E-state index is 11.4. The second-order valence-corrected chi connectivity index (χ2v) is 3.53. The third-order valence-corrected chi connectivity index (χ3v) is 2.00. The zero-order chi connectivity index (χ0) is 13.4. The predicted molar refractivity (Wildman–Crippen MR) is 64.9 cm³/mol. The summed E-state index contributed by atoms with van der Waals surface area (Å²) in [6, 6.07) is 3.50. The van der Waals surface area contributed by atoms with Gasteiger partial charge in [0.25, 0.3) is 0 Å². The van der Waals surface area contributed by atoms with E-state index in [2.05, 4.69) is 20.6 Å². The lowest BCUT2D eigenvalue weighted by molar-refractivity contribution is -0.119. The van der Waals surface area contributed by atoms with Crippen molar-refractivity contribution in [1.29, 1.82) is 5.26 Å². The fourth-order valence-corrected chi connectivity index (χ4v) is 1.22. The van der Waals surface area contributed by atoms with E-state index in [0.717, 1.165) is 0 Å². The predicted octanol–water partition coefficient (Wildman–Crippen LogP) is -0.169. The Morgan fingerprint density at radius 1 is 1.56 bits per heavy atom. The summed E-state index contributed by atoms with van der Waals surface area (Å²) >= 11 is 0. The largest absolute Gasteiger partial charge is 0.383 e. The van der Waals surface area contributed by atoms with Crippen LogP contribution in [0, 0.1) is 18.3 Å². The lowest BCUT2D eigenvalue weighted by atomic mass is 10.3. The number of rotatable bonds is 6. The molecule has 2 N–H and O–H groups in total. The summed E-state index contributed by atoms with van der Waals surface area (Å²) in [5, 5.41) is 14.2. The van der Waals surface area contributed by atoms with Gasteiger partial charge in [-0.3, -0.25) is 4.79 Å². The van der Waals surface area contributed by atoms with Crippen LogP contribution in [0.3, 0.4) is 0 Å². The van der Waals surface area contributed by atoms with E-state index >= 15 is 0 Å². The van der Waals surface area contributed by atoms with E-state index in [1.165, 1.54) is 0 Å². The Kier molecular flexibility index (Phi) is 5.54. The lowest BCUT2D eigenvalue weighted by Gasteiger charge is -2.06. The molecule has 1 heterocycles. The number of aryl methyl sites for hydroxylation is 1. The summed E-state index contributed by atoms with van der Waals surface area (Å²) in [5.41, 5.74) is 0.939. The first-order chi connectivity index (χ1) is 8.65. The van der Waals surface area contributed by atoms with Crippen LogP contribution >= 0.6 is 0 Å². The number of nitriles is 1. The molecule has 0 aliphatic carbocycles. The van der Waals surface area contributed by atoms with Gasteiger partial charge in [-0.05, 0) is 13.0 Å². The summed E-state index contributed by atoms with van der Waals surface area (Å²) in [6.07, 6.45) is 0. The Hall–Kier alpha value is -2.20. The topological polar surface area (TPSA) is 99.9 Å². The molecule has 7 nitrogen and oxygen atoms in total. The summed E-state index contributed by atoms with van der Waals surface area (Å²) < 4.78 is 4.81. The molecule has 18 heavy (non-hydrogen) atoms. The van der Waals surface area contributed by atoms with Crippen LogP contribution in [-0.4, -0.2) is 42.7 Å². The van der Waals surface area contributed by atoms with Crippen molar-refractivity contribution in [3.05, 3.63) is 17.5 Å². The van der Waals surface area contributed by atoms with Gasteiger partial charge in [-0.25, -0.2) is 9.97 Å². The number of anilines is 1. The Morgan fingerprint density at radius 2 is 2.33 bits per heavy atom. The Labute approximate surface area is 105 Å². The van der Waals surface area contributed by atoms with Gasteiger partial charge in [-0.1, -0.05) is 0 Å². The minimum Gasteiger partial charge on any atom is -0.383 e. The van der Waals surface area contributed by atoms with Gasteiger partial charge in [0.2, 0.25) is 11.9 Å². The van der Waals surface area contributed by atoms with Crippen molar-refractivity contribution in [3.63, 3.8) is 0 Å². The van der Waals surface area contributed by atoms with Crippen LogP contribution in [0.5, 0.6) is 0 Å². The van der Waals surface area contributed by atoms with E-state index in [0.29, 0.717) is 18.8 Å². The molecule has 1 amide bonds. The fourth-order valence-electron chi connectivity index (χ4n) is 1.22. The third kappa shape index (κ3) is 4.76. The summed E-state index contributed by atoms with van der Waals surface area (Å²) in [4.78, 5) is 19.4. The molecule has 0 fully saturated rings. The molecular formula is C11H15N5O2. The fraction of sp³-hybridized carbons (Fsp3) is 0.455. The molecule has 1 rings (SSSR count). The minimum atomic E-state index is -0.185. The molecule has 1 aromatic heterocycles. The van der Waals surface area contributed by atoms with Crippen molar-refractivity contribution >= 4 is 11.9 Å². The van der Waals surface area contributed by atoms with Crippen molar-refractivity contribution in [2.45, 2.75) is 6.92 Å². The van der Waals surface area contributed by atoms with Crippen LogP contribution in [-0.2, 0) is 9.53 Å². The van der Waals surface area contributed by atoms with Gasteiger partial charge in [0, 0.05) is 19.3 Å². The molecule has 7 heteroatoms. The summed E-state index contributed by atoms with van der Waals surface area (Å²) in [5.74, 6) is 0.0871. The number of nitrogens with zero attached hydrogens (tertiary/aromatic N) is 3. The average Bonchev–Trinajstić information content (AvgIpc) is 2.36. The highest BCUT2D eigenvalue weighted by atomic mass is 16.5. The van der Waals surface area contributed by atoms with Gasteiger partial charge in [0.15, 0.2) is 0 Å². The SMILES string of the molecule is COCCNC(=O)CNc1nc(C)cc(C#N)n1. The molecule has 0 saturated carbocycles. The second kappa shape index (κ2) is 7.19. The summed E-state index contributed by atoms with van der Waals surface area (Å²) in [7, 11) is 1.56. The molecular weight excluding hydrogens is 234 g/mol. The molecule has 0 aromatic carbocycles. The van der Waals surface area contributed by atoms with E-state index in [1.807, 2.05) is 6.07 Å². The molecule has 0 spiro atoms. The number of nitrogens with one attached hydrogen (secondary N) is 2. The standard InChI is InChI=1S/C11H15N5O2/c1-8-5-9(6-12)16-11(15-8)14-7-10(17)13-3-4-18-2/h5H,3-4,7H2,1-2H3,(H,13,17)(H,14,15,16). The molecule has 0 aliphatic rings. The lowest BCUT2D eigenvalue weighted by Crippen LogP contribution is -2.32. The highest BCUT2D eigenvalue weighted by Crippen LogP contribution is 2.03. The zero-order valence-corrected chi connectivity index (χ0v) is 10.4. The monoisotopic (exact) mass is 249 g/mol. The molecule has 0 bridgehead atoms. The van der Waals surface area contributed by atoms with Crippen LogP contribution in [0.25, 0.3) is 0 Å². The van der Waals surface area contributed by atoms with Crippen LogP contribution < -0.4 is 10.6 Å². The number of carbonyl (C=O) groups excluding carboxylic acids is 1. The number of methoxy groups -OCH3 is 1. The molecule has 1 aromatic rings. The van der Waals surface area contributed by atoms with Crippen molar-refractivity contribution in [3.8, 4) is 6.07 Å². The molecule has 0 radical (unpaired) electrons. The third-order valence-electron chi connectivity index (χ3n) is 2.00. The van der Waals surface area contributed by atoms with Gasteiger partial charge >= 0.3 is 0 Å². The van der Waals surface area contributed by atoms with Gasteiger partial charge in [0.05, 0.1) is 13.2 Å². The Bertz CT molecular complexity index is 455. The van der Waals surface area contributed by atoms with E-state index in [4.69, 9.17) is 10.00 Å². The Balaban J connectivity index is 2.46. The number of aromatic nitrogens is 2. The normalized spacial score (nSPS) is 9.61. The van der Waals surface area contributed by atoms with Crippen LogP contribution in [0.15, 0.2) is 6.07 Å². The van der Waals surface area contributed by atoms with Crippen molar-refractivity contribution in [1.82, 2.24) is 15.3 Å². The second-order valence-electron chi connectivity index (χ2n) is 3.53. The first-order valence-corrected chi connectivity index (χ1v) is 5.41. The highest BCUT2D eigenvalue weighted by Gasteiger charge is 2.04. The zero-order valence-electron chi connectivity index (χ0n) is 10.4. The molecule has 0 unspecified atom stereocenters.